The zero-order valence-corrected chi connectivity index (χ0v) is 13.4. The van der Waals surface area contributed by atoms with E-state index in [4.69, 9.17) is 0 Å². The average molecular weight is 341 g/mol. The molecule has 0 saturated carbocycles. The van der Waals surface area contributed by atoms with Crippen molar-refractivity contribution in [3.63, 3.8) is 0 Å². The molecule has 2 aromatic carbocycles. The predicted molar refractivity (Wildman–Crippen MR) is 90.8 cm³/mol. The van der Waals surface area contributed by atoms with Gasteiger partial charge in [-0.05, 0) is 23.8 Å². The molecular weight excluding hydrogens is 325 g/mol. The highest BCUT2D eigenvalue weighted by Gasteiger charge is 2.17. The summed E-state index contributed by atoms with van der Waals surface area (Å²) in [6.07, 6.45) is -1.07. The van der Waals surface area contributed by atoms with Crippen molar-refractivity contribution in [2.45, 2.75) is 12.6 Å². The Morgan fingerprint density at radius 3 is 2.48 bits per heavy atom. The topological polar surface area (TPSA) is 84.2 Å². The molecule has 1 heterocycles. The fourth-order valence-corrected chi connectivity index (χ4v) is 2.60. The van der Waals surface area contributed by atoms with Crippen LogP contribution in [-0.2, 0) is 6.54 Å². The second-order valence-corrected chi connectivity index (χ2v) is 5.53. The van der Waals surface area contributed by atoms with Gasteiger partial charge in [-0.1, -0.05) is 30.3 Å². The Kier molecular flexibility index (Phi) is 4.58. The highest BCUT2D eigenvalue weighted by Crippen LogP contribution is 2.17. The maximum absolute atomic E-state index is 13.0. The van der Waals surface area contributed by atoms with Gasteiger partial charge in [0.25, 0.3) is 11.5 Å². The molecule has 1 aromatic heterocycles. The number of halogens is 1. The monoisotopic (exact) mass is 341 g/mol. The number of carbonyl (C=O) groups excluding carboxylic acids is 1. The van der Waals surface area contributed by atoms with Crippen molar-refractivity contribution in [2.75, 3.05) is 7.05 Å². The molecule has 25 heavy (non-hydrogen) atoms. The first-order valence-electron chi connectivity index (χ1n) is 7.66. The van der Waals surface area contributed by atoms with Gasteiger partial charge in [0.2, 0.25) is 0 Å². The number of carbonyl (C=O) groups is 1. The van der Waals surface area contributed by atoms with Gasteiger partial charge >= 0.3 is 0 Å². The van der Waals surface area contributed by atoms with E-state index >= 15 is 0 Å². The fourth-order valence-electron chi connectivity index (χ4n) is 2.60. The van der Waals surface area contributed by atoms with E-state index < -0.39 is 23.4 Å². The lowest BCUT2D eigenvalue weighted by Crippen LogP contribution is -2.30. The number of benzene rings is 2. The Morgan fingerprint density at radius 2 is 1.84 bits per heavy atom. The lowest BCUT2D eigenvalue weighted by Gasteiger charge is -2.14. The second kappa shape index (κ2) is 6.82. The van der Waals surface area contributed by atoms with Crippen LogP contribution in [0.2, 0.25) is 0 Å². The van der Waals surface area contributed by atoms with Gasteiger partial charge in [0.15, 0.2) is 5.69 Å². The van der Waals surface area contributed by atoms with E-state index in [1.54, 1.807) is 24.3 Å². The van der Waals surface area contributed by atoms with E-state index in [1.165, 1.54) is 31.3 Å². The van der Waals surface area contributed by atoms with Crippen molar-refractivity contribution >= 4 is 16.7 Å². The molecule has 128 valence electrons. The van der Waals surface area contributed by atoms with E-state index in [1.807, 2.05) is 0 Å². The lowest BCUT2D eigenvalue weighted by molar-refractivity contribution is 0.0954. The van der Waals surface area contributed by atoms with Crippen LogP contribution < -0.4 is 10.9 Å². The number of rotatable bonds is 4. The number of amides is 1. The van der Waals surface area contributed by atoms with Crippen molar-refractivity contribution in [1.29, 1.82) is 0 Å². The molecule has 6 nitrogen and oxygen atoms in total. The van der Waals surface area contributed by atoms with Crippen LogP contribution >= 0.6 is 0 Å². The van der Waals surface area contributed by atoms with Gasteiger partial charge in [-0.3, -0.25) is 9.59 Å². The zero-order valence-electron chi connectivity index (χ0n) is 13.4. The molecular formula is C18H16FN3O3. The van der Waals surface area contributed by atoms with Crippen LogP contribution in [-0.4, -0.2) is 27.8 Å². The Bertz CT molecular complexity index is 983. The van der Waals surface area contributed by atoms with E-state index in [2.05, 4.69) is 10.4 Å². The van der Waals surface area contributed by atoms with Crippen molar-refractivity contribution in [2.24, 2.45) is 0 Å². The maximum Gasteiger partial charge on any atom is 0.274 e. The molecule has 0 spiro atoms. The molecule has 1 unspecified atom stereocenters. The van der Waals surface area contributed by atoms with Crippen LogP contribution in [0.3, 0.4) is 0 Å². The number of aromatic nitrogens is 2. The first-order valence-corrected chi connectivity index (χ1v) is 7.66. The molecule has 0 radical (unpaired) electrons. The number of nitrogens with zero attached hydrogens (tertiary/aromatic N) is 2. The molecule has 2 N–H and O–H groups in total. The standard InChI is InChI=1S/C18H16FN3O3/c1-20-17(24)16-13-4-2-3-5-14(13)18(25)22(21-16)10-15(23)11-6-8-12(19)9-7-11/h2-9,15,23H,10H2,1H3,(H,20,24). The fraction of sp³-hybridized carbons (Fsp3) is 0.167. The third-order valence-electron chi connectivity index (χ3n) is 3.91. The van der Waals surface area contributed by atoms with Crippen LogP contribution in [0.5, 0.6) is 0 Å². The largest absolute Gasteiger partial charge is 0.386 e. The zero-order chi connectivity index (χ0) is 18.0. The first kappa shape index (κ1) is 16.8. The number of hydrogen-bond donors (Lipinski definition) is 2. The minimum Gasteiger partial charge on any atom is -0.386 e. The first-order chi connectivity index (χ1) is 12.0. The smallest absolute Gasteiger partial charge is 0.274 e. The summed E-state index contributed by atoms with van der Waals surface area (Å²) >= 11 is 0. The summed E-state index contributed by atoms with van der Waals surface area (Å²) in [5, 5.41) is 17.7. The van der Waals surface area contributed by atoms with E-state index in [9.17, 15) is 19.1 Å². The van der Waals surface area contributed by atoms with Crippen LogP contribution in [0.1, 0.15) is 22.2 Å². The van der Waals surface area contributed by atoms with Crippen LogP contribution in [0.25, 0.3) is 10.8 Å². The Morgan fingerprint density at radius 1 is 1.20 bits per heavy atom. The minimum absolute atomic E-state index is 0.101. The van der Waals surface area contributed by atoms with Gasteiger partial charge < -0.3 is 10.4 Å². The third-order valence-corrected chi connectivity index (χ3v) is 3.91. The normalized spacial score (nSPS) is 12.1. The molecule has 0 bridgehead atoms. The molecule has 0 aliphatic heterocycles. The predicted octanol–water partition coefficient (Wildman–Crippen LogP) is 1.63. The molecule has 3 rings (SSSR count). The summed E-state index contributed by atoms with van der Waals surface area (Å²) in [5.74, 6) is -0.847. The van der Waals surface area contributed by atoms with Crippen molar-refractivity contribution in [3.05, 3.63) is 76.0 Å². The number of nitrogens with one attached hydrogen (secondary N) is 1. The maximum atomic E-state index is 13.0. The molecule has 0 aliphatic carbocycles. The average Bonchev–Trinajstić information content (AvgIpc) is 2.64. The van der Waals surface area contributed by atoms with Gasteiger partial charge in [-0.25, -0.2) is 9.07 Å². The molecule has 7 heteroatoms. The Balaban J connectivity index is 2.06. The van der Waals surface area contributed by atoms with E-state index in [0.29, 0.717) is 16.3 Å². The highest BCUT2D eigenvalue weighted by molar-refractivity contribution is 6.04. The highest BCUT2D eigenvalue weighted by atomic mass is 19.1. The van der Waals surface area contributed by atoms with Gasteiger partial charge in [-0.15, -0.1) is 0 Å². The van der Waals surface area contributed by atoms with Crippen molar-refractivity contribution in [3.8, 4) is 0 Å². The third kappa shape index (κ3) is 3.27. The molecule has 1 amide bonds. The van der Waals surface area contributed by atoms with Gasteiger partial charge in [0.05, 0.1) is 18.0 Å². The van der Waals surface area contributed by atoms with Crippen LogP contribution in [0.15, 0.2) is 53.3 Å². The number of hydrogen-bond acceptors (Lipinski definition) is 4. The molecule has 1 atom stereocenters. The van der Waals surface area contributed by atoms with E-state index in [-0.39, 0.29) is 12.2 Å². The molecule has 0 saturated heterocycles. The van der Waals surface area contributed by atoms with Crippen molar-refractivity contribution in [1.82, 2.24) is 15.1 Å². The quantitative estimate of drug-likeness (QED) is 0.755. The summed E-state index contributed by atoms with van der Waals surface area (Å²) < 4.78 is 14.1. The second-order valence-electron chi connectivity index (χ2n) is 5.53. The lowest BCUT2D eigenvalue weighted by atomic mass is 10.1. The van der Waals surface area contributed by atoms with Crippen LogP contribution in [0.4, 0.5) is 4.39 Å². The van der Waals surface area contributed by atoms with Gasteiger partial charge in [0.1, 0.15) is 5.82 Å². The SMILES string of the molecule is CNC(=O)c1nn(CC(O)c2ccc(F)cc2)c(=O)c2ccccc12. The molecule has 0 aliphatic rings. The molecule has 0 fully saturated rings. The van der Waals surface area contributed by atoms with Crippen molar-refractivity contribution < 1.29 is 14.3 Å². The summed E-state index contributed by atoms with van der Waals surface area (Å²) in [4.78, 5) is 24.7. The number of fused-ring (bicyclic) bond motifs is 1. The number of aliphatic hydroxyl groups excluding tert-OH is 1. The van der Waals surface area contributed by atoms with Crippen LogP contribution in [0, 0.1) is 5.82 Å². The number of aliphatic hydroxyl groups is 1. The Hall–Kier alpha value is -3.06. The minimum atomic E-state index is -1.07. The summed E-state index contributed by atoms with van der Waals surface area (Å²) in [5.41, 5.74) is 0.137. The van der Waals surface area contributed by atoms with Gasteiger partial charge in [0, 0.05) is 12.4 Å². The molecule has 3 aromatic rings. The summed E-state index contributed by atoms with van der Waals surface area (Å²) in [6, 6.07) is 12.0. The van der Waals surface area contributed by atoms with Gasteiger partial charge in [-0.2, -0.15) is 5.10 Å². The summed E-state index contributed by atoms with van der Waals surface area (Å²) in [6.45, 7) is -0.153. The van der Waals surface area contributed by atoms with E-state index in [0.717, 1.165) is 4.68 Å². The summed E-state index contributed by atoms with van der Waals surface area (Å²) in [7, 11) is 1.47. The Labute approximate surface area is 142 Å².